The molecule has 1 aliphatic rings. The molecule has 4 atom stereocenters. The number of aromatic nitrogens is 2. The van der Waals surface area contributed by atoms with Gasteiger partial charge in [0.2, 0.25) is 8.32 Å². The molecule has 5 nitrogen and oxygen atoms in total. The van der Waals surface area contributed by atoms with Gasteiger partial charge in [0, 0.05) is 18.7 Å². The molecule has 0 spiro atoms. The van der Waals surface area contributed by atoms with Gasteiger partial charge in [-0.1, -0.05) is 41.5 Å². The molecule has 2 rings (SSSR count). The predicted octanol–water partition coefficient (Wildman–Crippen LogP) is 4.17. The number of alkyl halides is 1. The Kier molecular flexibility index (Phi) is 7.16. The van der Waals surface area contributed by atoms with Crippen molar-refractivity contribution < 1.29 is 13.9 Å². The van der Waals surface area contributed by atoms with Gasteiger partial charge in [0.05, 0.1) is 12.1 Å². The van der Waals surface area contributed by atoms with Crippen molar-refractivity contribution in [1.29, 1.82) is 0 Å². The average molecular weight is 384 g/mol. The maximum absolute atomic E-state index is 15.4. The summed E-state index contributed by atoms with van der Waals surface area (Å²) in [5.74, 6) is 0.400. The molecule has 0 bridgehead atoms. The van der Waals surface area contributed by atoms with Crippen LogP contribution in [0.3, 0.4) is 0 Å². The van der Waals surface area contributed by atoms with Gasteiger partial charge in [-0.3, -0.25) is 0 Å². The molecule has 148 valence electrons. The summed E-state index contributed by atoms with van der Waals surface area (Å²) in [6.07, 6.45) is 1.85. The second kappa shape index (κ2) is 8.76. The van der Waals surface area contributed by atoms with Crippen LogP contribution in [0.4, 0.5) is 10.2 Å². The van der Waals surface area contributed by atoms with Gasteiger partial charge in [0.1, 0.15) is 18.3 Å². The number of hydrogen-bond acceptors (Lipinski definition) is 5. The number of halogens is 1. The first-order valence-electron chi connectivity index (χ1n) is 9.69. The number of hydrogen-bond donors (Lipinski definition) is 2. The Labute approximate surface area is 157 Å². The zero-order valence-corrected chi connectivity index (χ0v) is 17.8. The van der Waals surface area contributed by atoms with E-state index in [1.54, 1.807) is 12.3 Å². The molecule has 0 aliphatic heterocycles. The van der Waals surface area contributed by atoms with Crippen LogP contribution in [0, 0.1) is 5.92 Å². The van der Waals surface area contributed by atoms with E-state index in [-0.39, 0.29) is 12.5 Å². The van der Waals surface area contributed by atoms with E-state index in [1.807, 2.05) is 0 Å². The van der Waals surface area contributed by atoms with E-state index in [0.717, 1.165) is 0 Å². The van der Waals surface area contributed by atoms with E-state index in [4.69, 9.17) is 4.43 Å². The highest BCUT2D eigenvalue weighted by molar-refractivity contribution is 6.77. The third-order valence-electron chi connectivity index (χ3n) is 5.92. The Balaban J connectivity index is 2.23. The van der Waals surface area contributed by atoms with E-state index >= 15 is 4.39 Å². The largest absolute Gasteiger partial charge is 0.410 e. The predicted molar refractivity (Wildman–Crippen MR) is 105 cm³/mol. The normalized spacial score (nSPS) is 26.9. The molecule has 1 heterocycles. The molecule has 0 saturated heterocycles. The summed E-state index contributed by atoms with van der Waals surface area (Å²) in [4.78, 5) is 8.02. The molecule has 1 aliphatic carbocycles. The summed E-state index contributed by atoms with van der Waals surface area (Å²) in [5, 5.41) is 13.0. The molecule has 1 aromatic rings. The monoisotopic (exact) mass is 383 g/mol. The highest BCUT2D eigenvalue weighted by atomic mass is 28.4. The van der Waals surface area contributed by atoms with Crippen LogP contribution in [-0.4, -0.2) is 48.3 Å². The molecule has 0 unspecified atom stereocenters. The first kappa shape index (κ1) is 21.2. The highest BCUT2D eigenvalue weighted by Crippen LogP contribution is 2.46. The van der Waals surface area contributed by atoms with Gasteiger partial charge < -0.3 is 14.8 Å². The number of aliphatic hydroxyl groups excluding tert-OH is 1. The first-order valence-corrected chi connectivity index (χ1v) is 11.8. The van der Waals surface area contributed by atoms with Crippen LogP contribution < -0.4 is 5.32 Å². The van der Waals surface area contributed by atoms with Crippen LogP contribution in [0.25, 0.3) is 0 Å². The number of rotatable bonds is 8. The van der Waals surface area contributed by atoms with Crippen LogP contribution >= 0.6 is 0 Å². The molecule has 0 aromatic carbocycles. The molecule has 1 fully saturated rings. The Morgan fingerprint density at radius 2 is 1.85 bits per heavy atom. The molecule has 0 amide bonds. The van der Waals surface area contributed by atoms with Gasteiger partial charge in [-0.15, -0.1) is 0 Å². The van der Waals surface area contributed by atoms with Gasteiger partial charge in [-0.25, -0.2) is 14.4 Å². The lowest BCUT2D eigenvalue weighted by Crippen LogP contribution is -2.53. The Hall–Kier alpha value is -1.05. The van der Waals surface area contributed by atoms with Gasteiger partial charge >= 0.3 is 0 Å². The van der Waals surface area contributed by atoms with Crippen molar-refractivity contribution in [3.05, 3.63) is 18.6 Å². The van der Waals surface area contributed by atoms with Crippen LogP contribution in [-0.2, 0) is 4.43 Å². The summed E-state index contributed by atoms with van der Waals surface area (Å²) in [6, 6.07) is 1.31. The summed E-state index contributed by atoms with van der Waals surface area (Å²) in [7, 11) is -2.22. The summed E-state index contributed by atoms with van der Waals surface area (Å²) in [5.41, 5.74) is 1.13. The highest BCUT2D eigenvalue weighted by Gasteiger charge is 2.52. The number of aliphatic hydroxyl groups is 1. The van der Waals surface area contributed by atoms with E-state index in [9.17, 15) is 5.11 Å². The van der Waals surface area contributed by atoms with E-state index in [1.165, 1.54) is 6.33 Å². The minimum absolute atomic E-state index is 0.0637. The molecule has 0 radical (unpaired) electrons. The third kappa shape index (κ3) is 4.10. The smallest absolute Gasteiger partial charge is 0.200 e. The van der Waals surface area contributed by atoms with E-state index in [0.29, 0.717) is 28.9 Å². The quantitative estimate of drug-likeness (QED) is 0.660. The standard InChI is InChI=1S/C19H34FN3O2Si/c1-12(2)26(13(3)4,14(5)6)25-19-15(10-24)9-16(18(19)20)23-17-7-8-21-11-22-17/h7-8,11-16,18-19,24H,9-10H2,1-6H3,(H,21,22,23)/t15-,16-,18-,19-/m1/s1. The van der Waals surface area contributed by atoms with Gasteiger partial charge in [0.15, 0.2) is 0 Å². The Bertz CT molecular complexity index is 537. The lowest BCUT2D eigenvalue weighted by molar-refractivity contribution is 0.0496. The van der Waals surface area contributed by atoms with Crippen molar-refractivity contribution >= 4 is 14.1 Å². The van der Waals surface area contributed by atoms with E-state index in [2.05, 4.69) is 56.8 Å². The minimum atomic E-state index is -2.22. The summed E-state index contributed by atoms with van der Waals surface area (Å²) < 4.78 is 22.1. The molecule has 2 N–H and O–H groups in total. The zero-order valence-electron chi connectivity index (χ0n) is 16.8. The first-order chi connectivity index (χ1) is 12.2. The fourth-order valence-corrected chi connectivity index (χ4v) is 10.4. The van der Waals surface area contributed by atoms with Crippen molar-refractivity contribution in [2.24, 2.45) is 5.92 Å². The lowest BCUT2D eigenvalue weighted by Gasteiger charge is -2.45. The SMILES string of the molecule is CC(C)[Si](O[C@@H]1[C@@H](CO)C[C@@H](Nc2ccncn2)[C@H]1F)(C(C)C)C(C)C. The maximum atomic E-state index is 15.4. The maximum Gasteiger partial charge on any atom is 0.200 e. The van der Waals surface area contributed by atoms with Gasteiger partial charge in [-0.2, -0.15) is 0 Å². The molecule has 7 heteroatoms. The van der Waals surface area contributed by atoms with Gasteiger partial charge in [-0.05, 0) is 29.1 Å². The van der Waals surface area contributed by atoms with Gasteiger partial charge in [0.25, 0.3) is 0 Å². The number of nitrogens with zero attached hydrogens (tertiary/aromatic N) is 2. The second-order valence-electron chi connectivity index (χ2n) is 8.37. The van der Waals surface area contributed by atoms with Crippen molar-refractivity contribution in [1.82, 2.24) is 9.97 Å². The molecule has 1 saturated carbocycles. The summed E-state index contributed by atoms with van der Waals surface area (Å²) >= 11 is 0. The summed E-state index contributed by atoms with van der Waals surface area (Å²) in [6.45, 7) is 13.1. The van der Waals surface area contributed by atoms with Crippen molar-refractivity contribution in [3.8, 4) is 0 Å². The lowest BCUT2D eigenvalue weighted by atomic mass is 10.1. The van der Waals surface area contributed by atoms with Crippen LogP contribution in [0.2, 0.25) is 16.6 Å². The second-order valence-corrected chi connectivity index (χ2v) is 13.8. The average Bonchev–Trinajstić information content (AvgIpc) is 2.87. The van der Waals surface area contributed by atoms with Crippen LogP contribution in [0.15, 0.2) is 18.6 Å². The topological polar surface area (TPSA) is 67.3 Å². The Morgan fingerprint density at radius 3 is 2.31 bits per heavy atom. The van der Waals surface area contributed by atoms with Crippen LogP contribution in [0.5, 0.6) is 0 Å². The van der Waals surface area contributed by atoms with Crippen molar-refractivity contribution in [2.75, 3.05) is 11.9 Å². The minimum Gasteiger partial charge on any atom is -0.410 e. The molecular formula is C19H34FN3O2Si. The van der Waals surface area contributed by atoms with Crippen molar-refractivity contribution in [3.63, 3.8) is 0 Å². The molecule has 1 aromatic heterocycles. The molecule has 26 heavy (non-hydrogen) atoms. The third-order valence-corrected chi connectivity index (χ3v) is 12.0. The van der Waals surface area contributed by atoms with E-state index < -0.39 is 26.6 Å². The molecular weight excluding hydrogens is 349 g/mol. The van der Waals surface area contributed by atoms with Crippen LogP contribution in [0.1, 0.15) is 48.0 Å². The number of anilines is 1. The van der Waals surface area contributed by atoms with Crippen molar-refractivity contribution in [2.45, 2.75) is 82.9 Å². The number of nitrogens with one attached hydrogen (secondary N) is 1. The fraction of sp³-hybridized carbons (Fsp3) is 0.789. The fourth-order valence-electron chi connectivity index (χ4n) is 4.77. The zero-order chi connectivity index (χ0) is 19.5. The Morgan fingerprint density at radius 1 is 1.23 bits per heavy atom.